The van der Waals surface area contributed by atoms with Crippen molar-refractivity contribution in [3.63, 3.8) is 0 Å². The van der Waals surface area contributed by atoms with Gasteiger partial charge in [0.15, 0.2) is 0 Å². The highest BCUT2D eigenvalue weighted by molar-refractivity contribution is 5.89. The van der Waals surface area contributed by atoms with Crippen molar-refractivity contribution in [2.45, 2.75) is 40.2 Å². The molecule has 3 aromatic rings. The maximum absolute atomic E-state index is 14.2. The van der Waals surface area contributed by atoms with E-state index >= 15 is 0 Å². The fraction of sp³-hybridized carbons (Fsp3) is 0.304. The summed E-state index contributed by atoms with van der Waals surface area (Å²) >= 11 is 0. The number of hydrogen-bond acceptors (Lipinski definition) is 5. The van der Waals surface area contributed by atoms with Crippen molar-refractivity contribution in [3.05, 3.63) is 63.7 Å². The Bertz CT molecular complexity index is 1270. The first-order valence-corrected chi connectivity index (χ1v) is 9.79. The summed E-state index contributed by atoms with van der Waals surface area (Å²) in [6.07, 6.45) is -0.695. The van der Waals surface area contributed by atoms with Gasteiger partial charge in [-0.05, 0) is 64.4 Å². The van der Waals surface area contributed by atoms with Gasteiger partial charge in [0, 0.05) is 6.54 Å². The zero-order chi connectivity index (χ0) is 22.9. The lowest BCUT2D eigenvalue weighted by molar-refractivity contribution is 0.0579. The number of nitrogens with zero attached hydrogens (tertiary/aromatic N) is 4. The molecule has 0 spiro atoms. The minimum Gasteiger partial charge on any atom is -0.443 e. The molecule has 0 aliphatic carbocycles. The molecule has 2 aromatic carbocycles. The second-order valence-corrected chi connectivity index (χ2v) is 8.06. The van der Waals surface area contributed by atoms with Crippen LogP contribution in [0.15, 0.2) is 41.2 Å². The highest BCUT2D eigenvalue weighted by Crippen LogP contribution is 2.24. The van der Waals surface area contributed by atoms with Gasteiger partial charge < -0.3 is 4.74 Å². The van der Waals surface area contributed by atoms with Crippen LogP contribution in [0.4, 0.5) is 15.1 Å². The number of amides is 1. The Morgan fingerprint density at radius 3 is 2.61 bits per heavy atom. The van der Waals surface area contributed by atoms with Crippen molar-refractivity contribution in [1.82, 2.24) is 9.55 Å². The zero-order valence-corrected chi connectivity index (χ0v) is 18.1. The predicted octanol–water partition coefficient (Wildman–Crippen LogP) is 4.47. The van der Waals surface area contributed by atoms with Gasteiger partial charge in [0.25, 0.3) is 5.56 Å². The highest BCUT2D eigenvalue weighted by atomic mass is 19.1. The summed E-state index contributed by atoms with van der Waals surface area (Å²) in [6, 6.07) is 10.7. The van der Waals surface area contributed by atoms with Crippen molar-refractivity contribution in [2.24, 2.45) is 0 Å². The topological polar surface area (TPSA) is 88.2 Å². The van der Waals surface area contributed by atoms with Gasteiger partial charge >= 0.3 is 6.09 Å². The maximum Gasteiger partial charge on any atom is 0.417 e. The van der Waals surface area contributed by atoms with Crippen LogP contribution in [0.25, 0.3) is 16.6 Å². The van der Waals surface area contributed by atoms with Crippen LogP contribution in [0, 0.1) is 24.1 Å². The summed E-state index contributed by atoms with van der Waals surface area (Å²) in [6.45, 7) is 8.83. The lowest BCUT2D eigenvalue weighted by Crippen LogP contribution is -2.40. The monoisotopic (exact) mass is 422 g/mol. The highest BCUT2D eigenvalue weighted by Gasteiger charge is 2.27. The Hall–Kier alpha value is -3.73. The zero-order valence-electron chi connectivity index (χ0n) is 18.1. The first kappa shape index (κ1) is 22.0. The van der Waals surface area contributed by atoms with E-state index in [1.54, 1.807) is 52.8 Å². The molecule has 0 unspecified atom stereocenters. The van der Waals surface area contributed by atoms with Gasteiger partial charge in [0.1, 0.15) is 11.4 Å². The van der Waals surface area contributed by atoms with Crippen molar-refractivity contribution in [3.8, 4) is 11.8 Å². The summed E-state index contributed by atoms with van der Waals surface area (Å²) in [5, 5.41) is 9.60. The molecule has 1 aromatic heterocycles. The number of carbonyl (C=O) groups excluding carboxylic acids is 1. The molecule has 1 amide bonds. The summed E-state index contributed by atoms with van der Waals surface area (Å²) in [4.78, 5) is 32.2. The summed E-state index contributed by atoms with van der Waals surface area (Å²) < 4.78 is 20.9. The number of rotatable bonds is 3. The summed E-state index contributed by atoms with van der Waals surface area (Å²) in [7, 11) is 0. The van der Waals surface area contributed by atoms with Crippen LogP contribution < -0.4 is 10.5 Å². The number of aryl methyl sites for hydroxylation is 1. The first-order chi connectivity index (χ1) is 14.6. The van der Waals surface area contributed by atoms with Gasteiger partial charge in [-0.2, -0.15) is 5.26 Å². The number of hydrogen-bond donors (Lipinski definition) is 0. The van der Waals surface area contributed by atoms with Crippen LogP contribution >= 0.6 is 0 Å². The number of anilines is 1. The van der Waals surface area contributed by atoms with E-state index in [-0.39, 0.29) is 23.7 Å². The Morgan fingerprint density at radius 1 is 1.29 bits per heavy atom. The van der Waals surface area contributed by atoms with Crippen LogP contribution in [0.5, 0.6) is 0 Å². The largest absolute Gasteiger partial charge is 0.443 e. The van der Waals surface area contributed by atoms with Crippen molar-refractivity contribution in [2.75, 3.05) is 11.4 Å². The van der Waals surface area contributed by atoms with Crippen LogP contribution in [0.3, 0.4) is 0 Å². The van der Waals surface area contributed by atoms with E-state index in [4.69, 9.17) is 4.74 Å². The van der Waals surface area contributed by atoms with E-state index in [0.29, 0.717) is 16.5 Å². The molecule has 0 N–H and O–H groups in total. The molecular weight excluding hydrogens is 399 g/mol. The molecular formula is C23H23FN4O3. The van der Waals surface area contributed by atoms with Gasteiger partial charge in [-0.3, -0.25) is 4.79 Å². The summed E-state index contributed by atoms with van der Waals surface area (Å²) in [5.41, 5.74) is -0.0258. The Labute approximate surface area is 179 Å². The molecule has 8 heteroatoms. The fourth-order valence-corrected chi connectivity index (χ4v) is 3.23. The van der Waals surface area contributed by atoms with Crippen molar-refractivity contribution >= 4 is 22.9 Å². The second kappa shape index (κ2) is 8.19. The average molecular weight is 422 g/mol. The normalized spacial score (nSPS) is 11.3. The molecule has 3 rings (SSSR count). The van der Waals surface area contributed by atoms with E-state index in [9.17, 15) is 19.2 Å². The standard InChI is InChI=1S/C23H23FN4O3/c1-6-27(22(30)31-23(3,4)5)21-26-18-9-7-8-14(2)19(18)20(29)28(21)17-11-15(13-25)10-16(24)12-17/h7-12H,6H2,1-5H3. The lowest BCUT2D eigenvalue weighted by Gasteiger charge is -2.27. The summed E-state index contributed by atoms with van der Waals surface area (Å²) in [5.74, 6) is -0.702. The molecule has 7 nitrogen and oxygen atoms in total. The number of carbonyl (C=O) groups is 1. The maximum atomic E-state index is 14.2. The quantitative estimate of drug-likeness (QED) is 0.622. The number of benzene rings is 2. The van der Waals surface area contributed by atoms with Crippen LogP contribution in [0.1, 0.15) is 38.8 Å². The smallest absolute Gasteiger partial charge is 0.417 e. The lowest BCUT2D eigenvalue weighted by atomic mass is 10.1. The fourth-order valence-electron chi connectivity index (χ4n) is 3.23. The molecule has 0 saturated heterocycles. The van der Waals surface area contributed by atoms with Crippen molar-refractivity contribution in [1.29, 1.82) is 5.26 Å². The van der Waals surface area contributed by atoms with Gasteiger partial charge in [-0.1, -0.05) is 12.1 Å². The van der Waals surface area contributed by atoms with E-state index in [2.05, 4.69) is 4.98 Å². The Balaban J connectivity index is 2.39. The number of ether oxygens (including phenoxy) is 1. The Kier molecular flexibility index (Phi) is 5.80. The van der Waals surface area contributed by atoms with E-state index in [0.717, 1.165) is 16.7 Å². The third kappa shape index (κ3) is 4.40. The molecule has 0 saturated carbocycles. The number of nitriles is 1. The van der Waals surface area contributed by atoms with E-state index < -0.39 is 23.1 Å². The van der Waals surface area contributed by atoms with E-state index in [1.165, 1.54) is 11.0 Å². The van der Waals surface area contributed by atoms with Gasteiger partial charge in [-0.25, -0.2) is 23.6 Å². The van der Waals surface area contributed by atoms with Gasteiger partial charge in [0.2, 0.25) is 5.95 Å². The molecule has 31 heavy (non-hydrogen) atoms. The van der Waals surface area contributed by atoms with Crippen LogP contribution in [-0.4, -0.2) is 27.8 Å². The molecule has 0 bridgehead atoms. The third-order valence-electron chi connectivity index (χ3n) is 4.53. The molecule has 0 fully saturated rings. The number of halogens is 1. The first-order valence-electron chi connectivity index (χ1n) is 9.79. The van der Waals surface area contributed by atoms with E-state index in [1.807, 2.05) is 6.07 Å². The van der Waals surface area contributed by atoms with Gasteiger partial charge in [0.05, 0.1) is 28.2 Å². The number of fused-ring (bicyclic) bond motifs is 1. The van der Waals surface area contributed by atoms with Crippen LogP contribution in [-0.2, 0) is 4.74 Å². The van der Waals surface area contributed by atoms with Gasteiger partial charge in [-0.15, -0.1) is 0 Å². The third-order valence-corrected chi connectivity index (χ3v) is 4.53. The molecule has 160 valence electrons. The number of aromatic nitrogens is 2. The minimum atomic E-state index is -0.768. The van der Waals surface area contributed by atoms with Crippen LogP contribution in [0.2, 0.25) is 0 Å². The van der Waals surface area contributed by atoms with Crippen molar-refractivity contribution < 1.29 is 13.9 Å². The molecule has 0 aliphatic rings. The molecule has 0 radical (unpaired) electrons. The predicted molar refractivity (Wildman–Crippen MR) is 116 cm³/mol. The molecule has 0 aliphatic heterocycles. The second-order valence-electron chi connectivity index (χ2n) is 8.06. The molecule has 1 heterocycles. The Morgan fingerprint density at radius 2 is 2.00 bits per heavy atom. The minimum absolute atomic E-state index is 0.0191. The SMILES string of the molecule is CCN(C(=O)OC(C)(C)C)c1nc2cccc(C)c2c(=O)n1-c1cc(F)cc(C#N)c1. The average Bonchev–Trinajstić information content (AvgIpc) is 2.66. The molecule has 0 atom stereocenters.